The van der Waals surface area contributed by atoms with Crippen molar-refractivity contribution >= 4 is 5.97 Å². The molecule has 6 fully saturated rings. The Kier molecular flexibility index (Phi) is 7.18. The van der Waals surface area contributed by atoms with Crippen LogP contribution in [0.3, 0.4) is 0 Å². The third kappa shape index (κ3) is 4.21. The van der Waals surface area contributed by atoms with E-state index in [1.54, 1.807) is 5.57 Å². The minimum absolute atomic E-state index is 0.0421. The van der Waals surface area contributed by atoms with Crippen LogP contribution in [0.4, 0.5) is 0 Å². The second kappa shape index (κ2) is 10.0. The van der Waals surface area contributed by atoms with Crippen molar-refractivity contribution in [1.82, 2.24) is 0 Å². The molecule has 4 saturated carbocycles. The lowest BCUT2D eigenvalue weighted by Crippen LogP contribution is -2.68. The highest BCUT2D eigenvalue weighted by molar-refractivity contribution is 5.79. The van der Waals surface area contributed by atoms with Crippen LogP contribution >= 0.6 is 0 Å². The molecule has 5 nitrogen and oxygen atoms in total. The van der Waals surface area contributed by atoms with E-state index in [1.807, 2.05) is 0 Å². The Morgan fingerprint density at radius 2 is 1.65 bits per heavy atom. The van der Waals surface area contributed by atoms with Crippen molar-refractivity contribution in [2.45, 2.75) is 151 Å². The first kappa shape index (κ1) is 30.7. The Hall–Kier alpha value is -0.910. The summed E-state index contributed by atoms with van der Waals surface area (Å²) in [6.07, 6.45) is 15.7. The van der Waals surface area contributed by atoms with Crippen LogP contribution in [-0.2, 0) is 23.7 Å². The van der Waals surface area contributed by atoms with Gasteiger partial charge in [-0.1, -0.05) is 53.2 Å². The molecule has 2 aliphatic heterocycles. The Balaban J connectivity index is 1.24. The topological polar surface area (TPSA) is 54.0 Å². The average Bonchev–Trinajstić information content (AvgIpc) is 2.96. The number of allylic oxidation sites excluding steroid dienone is 2. The van der Waals surface area contributed by atoms with Gasteiger partial charge >= 0.3 is 5.97 Å². The molecular weight excluding hydrogens is 536 g/mol. The molecule has 0 aromatic heterocycles. The highest BCUT2D eigenvalue weighted by Crippen LogP contribution is 2.76. The largest absolute Gasteiger partial charge is 0.435 e. The predicted molar refractivity (Wildman–Crippen MR) is 168 cm³/mol. The summed E-state index contributed by atoms with van der Waals surface area (Å²) in [4.78, 5) is 14.3. The molecule has 7 rings (SSSR count). The molecule has 0 N–H and O–H groups in total. The summed E-state index contributed by atoms with van der Waals surface area (Å²) in [5, 5.41) is 0. The number of ether oxygens (including phenoxy) is 4. The Morgan fingerprint density at radius 3 is 2.40 bits per heavy atom. The van der Waals surface area contributed by atoms with Gasteiger partial charge in [0.2, 0.25) is 6.29 Å². The third-order valence-electron chi connectivity index (χ3n) is 15.7. The highest BCUT2D eigenvalue weighted by atomic mass is 16.7. The minimum atomic E-state index is -0.482. The van der Waals surface area contributed by atoms with E-state index in [0.717, 1.165) is 64.4 Å². The fourth-order valence-corrected chi connectivity index (χ4v) is 12.8. The van der Waals surface area contributed by atoms with Crippen LogP contribution in [0, 0.1) is 56.7 Å². The highest BCUT2D eigenvalue weighted by Gasteiger charge is 2.71. The number of hydrogen-bond acceptors (Lipinski definition) is 5. The van der Waals surface area contributed by atoms with Gasteiger partial charge in [-0.3, -0.25) is 4.79 Å². The fraction of sp³-hybridized carbons (Fsp3) is 0.921. The van der Waals surface area contributed by atoms with Crippen LogP contribution in [-0.4, -0.2) is 37.4 Å². The van der Waals surface area contributed by atoms with Gasteiger partial charge in [-0.2, -0.15) is 0 Å². The van der Waals surface area contributed by atoms with Gasteiger partial charge in [0.25, 0.3) is 0 Å². The molecule has 0 amide bonds. The number of carbonyl (C=O) groups excluding carboxylic acids is 1. The molecule has 0 spiro atoms. The zero-order valence-corrected chi connectivity index (χ0v) is 28.6. The molecular formula is C38H60O5. The van der Waals surface area contributed by atoms with Crippen LogP contribution in [0.1, 0.15) is 132 Å². The molecule has 0 radical (unpaired) electrons. The standard InChI is InChI=1S/C38H60O5/c1-24-14-19-38(32(39)42-30-11-9-10-22-40-30)21-20-36(7)26(31(38)25(24)2)12-13-28-34(5)17-16-29-35(6,23-41-33(3,4)43-29)27(34)15-18-37(28,36)8/h12,24-25,27-31H,9-11,13-23H2,1-8H3/t24-,25+,27-,28-,29+,30?,31+,34+,35-,36-,37-,38+/m1/s1. The first-order valence-electron chi connectivity index (χ1n) is 18.1. The molecule has 5 aliphatic carbocycles. The summed E-state index contributed by atoms with van der Waals surface area (Å²) in [6, 6.07) is 0. The maximum absolute atomic E-state index is 14.3. The summed E-state index contributed by atoms with van der Waals surface area (Å²) in [5.74, 6) is 2.15. The van der Waals surface area contributed by atoms with E-state index in [2.05, 4.69) is 61.5 Å². The van der Waals surface area contributed by atoms with Gasteiger partial charge in [-0.25, -0.2) is 0 Å². The molecule has 0 aromatic carbocycles. The van der Waals surface area contributed by atoms with Crippen LogP contribution in [0.15, 0.2) is 11.6 Å². The molecule has 43 heavy (non-hydrogen) atoms. The van der Waals surface area contributed by atoms with E-state index in [-0.39, 0.29) is 45.9 Å². The third-order valence-corrected chi connectivity index (χ3v) is 15.7. The number of rotatable bonds is 2. The molecule has 12 atom stereocenters. The molecule has 5 heteroatoms. The number of esters is 1. The number of hydrogen-bond donors (Lipinski definition) is 0. The maximum Gasteiger partial charge on any atom is 0.315 e. The normalized spacial score (nSPS) is 54.0. The van der Waals surface area contributed by atoms with E-state index < -0.39 is 11.2 Å². The zero-order valence-electron chi connectivity index (χ0n) is 28.6. The first-order valence-corrected chi connectivity index (χ1v) is 18.1. The zero-order chi connectivity index (χ0) is 30.6. The molecule has 1 unspecified atom stereocenters. The average molecular weight is 597 g/mol. The Bertz CT molecular complexity index is 1150. The van der Waals surface area contributed by atoms with Crippen molar-refractivity contribution in [3.8, 4) is 0 Å². The van der Waals surface area contributed by atoms with E-state index in [9.17, 15) is 4.79 Å². The summed E-state index contributed by atoms with van der Waals surface area (Å²) in [7, 11) is 0. The summed E-state index contributed by atoms with van der Waals surface area (Å²) >= 11 is 0. The second-order valence-corrected chi connectivity index (χ2v) is 17.8. The van der Waals surface area contributed by atoms with Gasteiger partial charge < -0.3 is 18.9 Å². The lowest BCUT2D eigenvalue weighted by Gasteiger charge is -2.72. The van der Waals surface area contributed by atoms with Crippen molar-refractivity contribution in [3.05, 3.63) is 11.6 Å². The van der Waals surface area contributed by atoms with E-state index in [4.69, 9.17) is 18.9 Å². The molecule has 7 aliphatic rings. The van der Waals surface area contributed by atoms with Gasteiger partial charge in [0.1, 0.15) is 0 Å². The van der Waals surface area contributed by atoms with Crippen LogP contribution in [0.5, 0.6) is 0 Å². The summed E-state index contributed by atoms with van der Waals surface area (Å²) < 4.78 is 25.2. The Morgan fingerprint density at radius 1 is 0.860 bits per heavy atom. The first-order chi connectivity index (χ1) is 20.2. The SMILES string of the molecule is C[C@H]1[C@H](C)CC[C@]2(C(=O)OC3CCCCO3)CC[C@]3(C)C(=CC[C@@H]4[C@@]5(C)CC[C@@H]6OC(C)(C)OC[C@]6(C)[C@@H]5CC[C@]43C)[C@H]12. The predicted octanol–water partition coefficient (Wildman–Crippen LogP) is 8.85. The van der Waals surface area contributed by atoms with Gasteiger partial charge in [0.05, 0.1) is 24.7 Å². The van der Waals surface area contributed by atoms with Crippen LogP contribution in [0.25, 0.3) is 0 Å². The summed E-state index contributed by atoms with van der Waals surface area (Å²) in [5.41, 5.74) is 1.85. The van der Waals surface area contributed by atoms with Crippen molar-refractivity contribution in [2.24, 2.45) is 56.7 Å². The van der Waals surface area contributed by atoms with Gasteiger partial charge in [-0.05, 0) is 130 Å². The smallest absolute Gasteiger partial charge is 0.315 e. The quantitative estimate of drug-likeness (QED) is 0.235. The van der Waals surface area contributed by atoms with E-state index >= 15 is 0 Å². The van der Waals surface area contributed by atoms with Crippen molar-refractivity contribution in [3.63, 3.8) is 0 Å². The van der Waals surface area contributed by atoms with Crippen molar-refractivity contribution < 1.29 is 23.7 Å². The monoisotopic (exact) mass is 596 g/mol. The molecule has 2 heterocycles. The molecule has 0 bridgehead atoms. The maximum atomic E-state index is 14.3. The lowest BCUT2D eigenvalue weighted by atomic mass is 9.33. The molecule has 242 valence electrons. The van der Waals surface area contributed by atoms with Crippen LogP contribution in [0.2, 0.25) is 0 Å². The van der Waals surface area contributed by atoms with Crippen molar-refractivity contribution in [1.29, 1.82) is 0 Å². The molecule has 2 saturated heterocycles. The lowest BCUT2D eigenvalue weighted by molar-refractivity contribution is -0.351. The van der Waals surface area contributed by atoms with E-state index in [0.29, 0.717) is 30.3 Å². The van der Waals surface area contributed by atoms with Gasteiger partial charge in [0.15, 0.2) is 5.79 Å². The summed E-state index contributed by atoms with van der Waals surface area (Å²) in [6.45, 7) is 20.9. The Labute approximate surface area is 261 Å². The fourth-order valence-electron chi connectivity index (χ4n) is 12.8. The van der Waals surface area contributed by atoms with Crippen molar-refractivity contribution in [2.75, 3.05) is 13.2 Å². The number of fused-ring (bicyclic) bond motifs is 9. The minimum Gasteiger partial charge on any atom is -0.435 e. The second-order valence-electron chi connectivity index (χ2n) is 17.8. The van der Waals surface area contributed by atoms with Crippen LogP contribution < -0.4 is 0 Å². The van der Waals surface area contributed by atoms with Gasteiger partial charge in [0, 0.05) is 11.8 Å². The number of carbonyl (C=O) groups is 1. The van der Waals surface area contributed by atoms with E-state index in [1.165, 1.54) is 19.3 Å². The van der Waals surface area contributed by atoms with Gasteiger partial charge in [-0.15, -0.1) is 0 Å². The molecule has 0 aromatic rings.